The van der Waals surface area contributed by atoms with Crippen molar-refractivity contribution >= 4 is 35.3 Å². The lowest BCUT2D eigenvalue weighted by Crippen LogP contribution is -2.17. The molecule has 40 heavy (non-hydrogen) atoms. The summed E-state index contributed by atoms with van der Waals surface area (Å²) in [5, 5.41) is 5.03. The number of carbonyl (C=O) groups is 1. The normalized spacial score (nSPS) is 10.8. The van der Waals surface area contributed by atoms with E-state index in [-0.39, 0.29) is 6.61 Å². The highest BCUT2D eigenvalue weighted by Crippen LogP contribution is 2.36. The van der Waals surface area contributed by atoms with Gasteiger partial charge in [-0.25, -0.2) is 5.43 Å². The molecule has 0 bridgehead atoms. The highest BCUT2D eigenvalue weighted by atomic mass is 35.5. The molecule has 0 saturated carbocycles. The number of rotatable bonds is 12. The standard InChI is InChI=1S/C31H28Cl2N2O5/c1-3-38-28-17-24(12-13-27(28)39-19-21-8-5-4-6-9-21)31(36)35-34-18-23-15-26(33)30(29(16-23)37-2)40-20-22-10-7-11-25(32)14-22/h4-18H,3,19-20H2,1-2H3,(H,35,36)/b34-18+. The van der Waals surface area contributed by atoms with Crippen LogP contribution >= 0.6 is 23.2 Å². The van der Waals surface area contributed by atoms with E-state index in [1.165, 1.54) is 13.3 Å². The Bertz CT molecular complexity index is 1480. The molecule has 7 nitrogen and oxygen atoms in total. The summed E-state index contributed by atoms with van der Waals surface area (Å²) in [7, 11) is 1.52. The van der Waals surface area contributed by atoms with Gasteiger partial charge in [0.1, 0.15) is 13.2 Å². The summed E-state index contributed by atoms with van der Waals surface area (Å²) in [4.78, 5) is 12.8. The van der Waals surface area contributed by atoms with Crippen molar-refractivity contribution in [2.45, 2.75) is 20.1 Å². The highest BCUT2D eigenvalue weighted by Gasteiger charge is 2.14. The van der Waals surface area contributed by atoms with Gasteiger partial charge in [0.2, 0.25) is 0 Å². The molecule has 4 aromatic carbocycles. The molecule has 0 aromatic heterocycles. The van der Waals surface area contributed by atoms with E-state index < -0.39 is 5.91 Å². The lowest BCUT2D eigenvalue weighted by atomic mass is 10.2. The molecule has 0 radical (unpaired) electrons. The van der Waals surface area contributed by atoms with Crippen molar-refractivity contribution in [3.63, 3.8) is 0 Å². The fraction of sp³-hybridized carbons (Fsp3) is 0.161. The first-order valence-electron chi connectivity index (χ1n) is 12.5. The van der Waals surface area contributed by atoms with Crippen LogP contribution in [-0.2, 0) is 13.2 Å². The molecule has 0 fully saturated rings. The first-order valence-corrected chi connectivity index (χ1v) is 13.2. The fourth-order valence-corrected chi connectivity index (χ4v) is 4.23. The SMILES string of the molecule is CCOc1cc(C(=O)N/N=C/c2cc(Cl)c(OCc3cccc(Cl)c3)c(OC)c2)ccc1OCc1ccccc1. The predicted octanol–water partition coefficient (Wildman–Crippen LogP) is 7.32. The van der Waals surface area contributed by atoms with E-state index in [2.05, 4.69) is 10.5 Å². The quantitative estimate of drug-likeness (QED) is 0.141. The minimum Gasteiger partial charge on any atom is -0.493 e. The summed E-state index contributed by atoms with van der Waals surface area (Å²) >= 11 is 12.5. The minimum atomic E-state index is -0.411. The number of amides is 1. The molecule has 0 aliphatic heterocycles. The van der Waals surface area contributed by atoms with E-state index in [0.717, 1.165) is 11.1 Å². The zero-order chi connectivity index (χ0) is 28.3. The minimum absolute atomic E-state index is 0.264. The number of nitrogens with one attached hydrogen (secondary N) is 1. The third kappa shape index (κ3) is 7.91. The van der Waals surface area contributed by atoms with Gasteiger partial charge >= 0.3 is 0 Å². The van der Waals surface area contributed by atoms with Gasteiger partial charge in [-0.3, -0.25) is 4.79 Å². The van der Waals surface area contributed by atoms with Gasteiger partial charge in [0.15, 0.2) is 23.0 Å². The van der Waals surface area contributed by atoms with E-state index >= 15 is 0 Å². The van der Waals surface area contributed by atoms with Crippen LogP contribution in [0.3, 0.4) is 0 Å². The van der Waals surface area contributed by atoms with Crippen LogP contribution in [-0.4, -0.2) is 25.8 Å². The largest absolute Gasteiger partial charge is 0.493 e. The monoisotopic (exact) mass is 578 g/mol. The number of methoxy groups -OCH3 is 1. The third-order valence-corrected chi connectivity index (χ3v) is 6.16. The smallest absolute Gasteiger partial charge is 0.271 e. The first kappa shape index (κ1) is 28.8. The number of benzene rings is 4. The molecule has 0 spiro atoms. The Balaban J connectivity index is 1.40. The second-order valence-corrected chi connectivity index (χ2v) is 9.36. The van der Waals surface area contributed by atoms with Gasteiger partial charge in [-0.2, -0.15) is 5.10 Å². The average molecular weight is 579 g/mol. The van der Waals surface area contributed by atoms with Crippen molar-refractivity contribution in [1.82, 2.24) is 5.43 Å². The molecule has 4 aromatic rings. The zero-order valence-corrected chi connectivity index (χ0v) is 23.5. The Morgan fingerprint density at radius 1 is 0.825 bits per heavy atom. The molecular weight excluding hydrogens is 551 g/mol. The second-order valence-electron chi connectivity index (χ2n) is 8.52. The number of ether oxygens (including phenoxy) is 4. The molecular formula is C31H28Cl2N2O5. The zero-order valence-electron chi connectivity index (χ0n) is 22.0. The maximum Gasteiger partial charge on any atom is 0.271 e. The number of hydrogen-bond donors (Lipinski definition) is 1. The van der Waals surface area contributed by atoms with E-state index in [1.807, 2.05) is 55.5 Å². The Labute approximate surface area is 243 Å². The second kappa shape index (κ2) is 14.3. The summed E-state index contributed by atoms with van der Waals surface area (Å²) in [6.45, 7) is 2.94. The van der Waals surface area contributed by atoms with Crippen LogP contribution in [0.2, 0.25) is 10.0 Å². The molecule has 1 amide bonds. The highest BCUT2D eigenvalue weighted by molar-refractivity contribution is 6.32. The molecule has 0 saturated heterocycles. The molecule has 0 aliphatic rings. The summed E-state index contributed by atoms with van der Waals surface area (Å²) in [6.07, 6.45) is 1.47. The molecule has 206 valence electrons. The molecule has 0 heterocycles. The summed E-state index contributed by atoms with van der Waals surface area (Å²) in [5.74, 6) is 1.43. The average Bonchev–Trinajstić information content (AvgIpc) is 2.96. The number of nitrogens with zero attached hydrogens (tertiary/aromatic N) is 1. The van der Waals surface area contributed by atoms with Gasteiger partial charge in [-0.15, -0.1) is 0 Å². The van der Waals surface area contributed by atoms with Crippen molar-refractivity contribution in [1.29, 1.82) is 0 Å². The molecule has 0 atom stereocenters. The lowest BCUT2D eigenvalue weighted by molar-refractivity contribution is 0.0954. The van der Waals surface area contributed by atoms with Gasteiger partial charge in [-0.05, 0) is 66.1 Å². The maximum absolute atomic E-state index is 12.8. The van der Waals surface area contributed by atoms with Crippen LogP contribution in [0.1, 0.15) is 34.0 Å². The molecule has 4 rings (SSSR count). The molecule has 0 unspecified atom stereocenters. The van der Waals surface area contributed by atoms with Gasteiger partial charge < -0.3 is 18.9 Å². The number of carbonyl (C=O) groups excluding carboxylic acids is 1. The topological polar surface area (TPSA) is 78.4 Å². The molecule has 0 aliphatic carbocycles. The van der Waals surface area contributed by atoms with E-state index in [1.54, 1.807) is 36.4 Å². The maximum atomic E-state index is 12.8. The van der Waals surface area contributed by atoms with Gasteiger partial charge in [0.05, 0.1) is 25.0 Å². The van der Waals surface area contributed by atoms with Crippen LogP contribution in [0.4, 0.5) is 0 Å². The van der Waals surface area contributed by atoms with Crippen molar-refractivity contribution < 1.29 is 23.7 Å². The Hall–Kier alpha value is -4.20. The summed E-state index contributed by atoms with van der Waals surface area (Å²) in [6, 6.07) is 25.5. The van der Waals surface area contributed by atoms with Crippen LogP contribution < -0.4 is 24.4 Å². The van der Waals surface area contributed by atoms with E-state index in [0.29, 0.717) is 57.4 Å². The van der Waals surface area contributed by atoms with Gasteiger partial charge in [0, 0.05) is 10.6 Å². The van der Waals surface area contributed by atoms with Crippen molar-refractivity contribution in [3.05, 3.63) is 117 Å². The van der Waals surface area contributed by atoms with E-state index in [4.69, 9.17) is 42.1 Å². The Kier molecular flexibility index (Phi) is 10.3. The van der Waals surface area contributed by atoms with Crippen molar-refractivity contribution in [2.24, 2.45) is 5.10 Å². The summed E-state index contributed by atoms with van der Waals surface area (Å²) in [5.41, 5.74) is 5.42. The Morgan fingerprint density at radius 2 is 1.60 bits per heavy atom. The Morgan fingerprint density at radius 3 is 2.35 bits per heavy atom. The predicted molar refractivity (Wildman–Crippen MR) is 157 cm³/mol. The number of hydrogen-bond acceptors (Lipinski definition) is 6. The molecule has 9 heteroatoms. The van der Waals surface area contributed by atoms with Crippen LogP contribution in [0.5, 0.6) is 23.0 Å². The van der Waals surface area contributed by atoms with Crippen molar-refractivity contribution in [2.75, 3.05) is 13.7 Å². The summed E-state index contributed by atoms with van der Waals surface area (Å²) < 4.78 is 23.0. The van der Waals surface area contributed by atoms with Crippen molar-refractivity contribution in [3.8, 4) is 23.0 Å². The lowest BCUT2D eigenvalue weighted by Gasteiger charge is -2.14. The number of halogens is 2. The van der Waals surface area contributed by atoms with Crippen LogP contribution in [0.25, 0.3) is 0 Å². The first-order chi connectivity index (χ1) is 19.5. The van der Waals surface area contributed by atoms with E-state index in [9.17, 15) is 4.79 Å². The molecule has 1 N–H and O–H groups in total. The number of hydrazone groups is 1. The van der Waals surface area contributed by atoms with Crippen LogP contribution in [0, 0.1) is 0 Å². The van der Waals surface area contributed by atoms with Gasteiger partial charge in [-0.1, -0.05) is 65.7 Å². The fourth-order valence-electron chi connectivity index (χ4n) is 3.74. The van der Waals surface area contributed by atoms with Gasteiger partial charge in [0.25, 0.3) is 5.91 Å². The third-order valence-electron chi connectivity index (χ3n) is 5.65. The van der Waals surface area contributed by atoms with Crippen LogP contribution in [0.15, 0.2) is 90.0 Å².